The highest BCUT2D eigenvalue weighted by molar-refractivity contribution is 6.89. The van der Waals surface area contributed by atoms with E-state index in [1.165, 1.54) is 11.1 Å². The molecule has 0 aliphatic heterocycles. The van der Waals surface area contributed by atoms with Gasteiger partial charge in [-0.3, -0.25) is 9.59 Å². The topological polar surface area (TPSA) is 117 Å². The molecule has 0 saturated carbocycles. The summed E-state index contributed by atoms with van der Waals surface area (Å²) in [7, 11) is -16.8. The van der Waals surface area contributed by atoms with Gasteiger partial charge in [0.1, 0.15) is 5.60 Å². The molecule has 0 heterocycles. The first-order valence-electron chi connectivity index (χ1n) is 28.9. The quantitative estimate of drug-likeness (QED) is 0.0369. The highest BCUT2D eigenvalue weighted by atomic mass is 28.5. The Labute approximate surface area is 490 Å². The van der Waals surface area contributed by atoms with Gasteiger partial charge in [0.2, 0.25) is 0 Å². The smallest absolute Gasteiger partial charge is 0.314 e. The normalized spacial score (nSPS) is 13.7. The third-order valence-electron chi connectivity index (χ3n) is 11.4. The molecule has 0 aliphatic rings. The molecule has 0 fully saturated rings. The lowest BCUT2D eigenvalue weighted by atomic mass is 9.86. The van der Waals surface area contributed by atoms with Gasteiger partial charge in [-0.15, -0.1) is 0 Å². The van der Waals surface area contributed by atoms with E-state index in [0.29, 0.717) is 12.2 Å². The van der Waals surface area contributed by atoms with Crippen LogP contribution in [0.15, 0.2) is 48.5 Å². The fourth-order valence-electron chi connectivity index (χ4n) is 9.42. The number of hydrogen-bond donors (Lipinski definition) is 0. The second-order valence-electron chi connectivity index (χ2n) is 29.1. The first-order chi connectivity index (χ1) is 34.6. The Bertz CT molecular complexity index is 1980. The molecule has 0 N–H and O–H groups in total. The minimum Gasteiger partial charge on any atom is -0.437 e. The van der Waals surface area contributed by atoms with Gasteiger partial charge >= 0.3 is 25.7 Å². The summed E-state index contributed by atoms with van der Waals surface area (Å²) >= 11 is 0. The van der Waals surface area contributed by atoms with E-state index in [2.05, 4.69) is 162 Å². The van der Waals surface area contributed by atoms with Gasteiger partial charge in [-0.2, -0.15) is 0 Å². The maximum absolute atomic E-state index is 13.3. The van der Waals surface area contributed by atoms with Crippen LogP contribution in [-0.4, -0.2) is 126 Å². The average Bonchev–Trinajstić information content (AvgIpc) is 3.20. The number of benzene rings is 2. The van der Waals surface area contributed by atoms with Crippen molar-refractivity contribution in [2.24, 2.45) is 5.41 Å². The van der Waals surface area contributed by atoms with Gasteiger partial charge in [-0.05, 0) is 226 Å². The molecule has 0 aromatic heterocycles. The minimum atomic E-state index is -2.32. The first kappa shape index (κ1) is 77.4. The molecule has 0 aliphatic carbocycles. The summed E-state index contributed by atoms with van der Waals surface area (Å²) in [5, 5.41) is 0. The van der Waals surface area contributed by atoms with Crippen molar-refractivity contribution in [3.8, 4) is 0 Å². The molecular formula is C58H120O11Si9. The molecule has 0 saturated heterocycles. The Balaban J connectivity index is 0.00000161. The molecular weight excluding hydrogens is 1130 g/mol. The summed E-state index contributed by atoms with van der Waals surface area (Å²) in [6, 6.07) is 18.8. The molecule has 0 unspecified atom stereocenters. The first-order valence-corrected chi connectivity index (χ1v) is 56.9. The summed E-state index contributed by atoms with van der Waals surface area (Å²) in [4.78, 5) is 25.7. The Morgan fingerprint density at radius 2 is 0.603 bits per heavy atom. The van der Waals surface area contributed by atoms with Crippen molar-refractivity contribution in [3.05, 3.63) is 70.8 Å². The standard InChI is InChI=1S/C33H70O7Si6.C24H46O4Si3.CH4/c1-33(2,36-27-19-29-46(16,39-43(9,10)11)40-44(12,13)14)32(34)31-23-21-30(22-24-31)20-17-25-35-26-18-28-45(15,37-41(3,4)5)38-42(6,7)8;1-24(2,3)23(25)22-16-14-21(15-17-22)13-11-18-26-19-12-20-31(10,27-29(4,5)6)28-30(7,8)9;/h21-24H,17-20,25-29H2,1-16H3;14-17H,11-13,18-20H2,1-10H3;1H4. The van der Waals surface area contributed by atoms with E-state index in [4.69, 9.17) is 38.9 Å². The van der Waals surface area contributed by atoms with Gasteiger partial charge in [-0.1, -0.05) is 76.7 Å². The van der Waals surface area contributed by atoms with Gasteiger partial charge in [0.25, 0.3) is 0 Å². The van der Waals surface area contributed by atoms with Crippen molar-refractivity contribution >= 4 is 87.2 Å². The third-order valence-corrected chi connectivity index (χ3v) is 40.2. The number of Topliss-reactive ketones (excluding diaryl/α,β-unsaturated/α-hetero) is 2. The van der Waals surface area contributed by atoms with Crippen LogP contribution < -0.4 is 0 Å². The number of hydrogen-bond acceptors (Lipinski definition) is 11. The molecule has 2 aromatic carbocycles. The van der Waals surface area contributed by atoms with Crippen LogP contribution in [0, 0.1) is 5.41 Å². The van der Waals surface area contributed by atoms with Crippen molar-refractivity contribution in [1.82, 2.24) is 0 Å². The molecule has 0 spiro atoms. The summed E-state index contributed by atoms with van der Waals surface area (Å²) in [6.07, 6.45) is 6.58. The molecule has 2 rings (SSSR count). The van der Waals surface area contributed by atoms with E-state index >= 15 is 0 Å². The highest BCUT2D eigenvalue weighted by Crippen LogP contribution is 2.29. The van der Waals surface area contributed by atoms with E-state index in [-0.39, 0.29) is 24.4 Å². The van der Waals surface area contributed by atoms with Crippen LogP contribution in [0.4, 0.5) is 0 Å². The summed E-state index contributed by atoms with van der Waals surface area (Å²) in [5.74, 6) is 0.194. The highest BCUT2D eigenvalue weighted by Gasteiger charge is 2.42. The predicted molar refractivity (Wildman–Crippen MR) is 356 cm³/mol. The van der Waals surface area contributed by atoms with Crippen LogP contribution in [0.1, 0.15) is 106 Å². The van der Waals surface area contributed by atoms with Crippen molar-refractivity contribution < 1.29 is 48.5 Å². The Morgan fingerprint density at radius 1 is 0.359 bits per heavy atom. The average molecular weight is 1250 g/mol. The van der Waals surface area contributed by atoms with E-state index in [0.717, 1.165) is 95.1 Å². The lowest BCUT2D eigenvalue weighted by molar-refractivity contribution is -0.00451. The van der Waals surface area contributed by atoms with Gasteiger partial charge in [0.05, 0.1) is 0 Å². The maximum atomic E-state index is 13.3. The van der Waals surface area contributed by atoms with Crippen LogP contribution in [-0.2, 0) is 51.7 Å². The van der Waals surface area contributed by atoms with Gasteiger partial charge in [0, 0.05) is 49.6 Å². The molecule has 11 nitrogen and oxygen atoms in total. The number of aryl methyl sites for hydroxylation is 2. The minimum absolute atomic E-state index is 0. The van der Waals surface area contributed by atoms with Crippen molar-refractivity contribution in [1.29, 1.82) is 0 Å². The molecule has 78 heavy (non-hydrogen) atoms. The molecule has 0 amide bonds. The number of carbonyl (C=O) groups is 2. The molecule has 0 atom stereocenters. The second-order valence-corrected chi connectivity index (χ2v) is 67.6. The van der Waals surface area contributed by atoms with Crippen LogP contribution in [0.2, 0.25) is 156 Å². The zero-order valence-electron chi connectivity index (χ0n) is 54.2. The number of carbonyl (C=O) groups excluding carboxylic acids is 2. The SMILES string of the molecule is C.CC(C)(C)C(=O)c1ccc(CCCOCCC[Si](C)(O[Si](C)(C)C)O[Si](C)(C)C)cc1.CC(C)(OCCC[Si](C)(O[Si](C)(C)C)O[Si](C)(C)C)C(=O)c1ccc(CCCOCCC[Si](C)(O[Si](C)(C)C)O[Si](C)(C)C)cc1. The number of ether oxygens (including phenoxy) is 3. The van der Waals surface area contributed by atoms with Crippen molar-refractivity contribution in [2.75, 3.05) is 33.0 Å². The predicted octanol–water partition coefficient (Wildman–Crippen LogP) is 17.6. The zero-order valence-corrected chi connectivity index (χ0v) is 63.2. The van der Waals surface area contributed by atoms with E-state index in [1.54, 1.807) is 0 Å². The van der Waals surface area contributed by atoms with E-state index in [9.17, 15) is 9.59 Å². The lowest BCUT2D eigenvalue weighted by Gasteiger charge is -2.38. The largest absolute Gasteiger partial charge is 0.437 e. The van der Waals surface area contributed by atoms with Crippen molar-refractivity contribution in [3.63, 3.8) is 0 Å². The molecule has 0 radical (unpaired) electrons. The fraction of sp³-hybridized carbons (Fsp3) is 0.759. The Hall–Kier alpha value is -0.628. The third kappa shape index (κ3) is 36.8. The maximum Gasteiger partial charge on any atom is 0.314 e. The van der Waals surface area contributed by atoms with Crippen molar-refractivity contribution in [2.45, 2.75) is 248 Å². The van der Waals surface area contributed by atoms with Crippen LogP contribution >= 0.6 is 0 Å². The molecule has 2 aromatic rings. The van der Waals surface area contributed by atoms with Crippen LogP contribution in [0.25, 0.3) is 0 Å². The Morgan fingerprint density at radius 3 is 0.859 bits per heavy atom. The summed E-state index contributed by atoms with van der Waals surface area (Å²) < 4.78 is 57.6. The second kappa shape index (κ2) is 32.6. The van der Waals surface area contributed by atoms with Crippen LogP contribution in [0.3, 0.4) is 0 Å². The van der Waals surface area contributed by atoms with Gasteiger partial charge in [-0.25, -0.2) is 0 Å². The number of rotatable bonds is 36. The molecule has 0 bridgehead atoms. The number of ketones is 2. The zero-order chi connectivity index (χ0) is 59.6. The summed E-state index contributed by atoms with van der Waals surface area (Å²) in [6.45, 7) is 60.0. The monoisotopic (exact) mass is 1240 g/mol. The summed E-state index contributed by atoms with van der Waals surface area (Å²) in [5.41, 5.74) is 2.70. The fourth-order valence-corrected chi connectivity index (χ4v) is 46.9. The van der Waals surface area contributed by atoms with Gasteiger partial charge < -0.3 is 38.9 Å². The van der Waals surface area contributed by atoms with E-state index in [1.807, 2.05) is 58.9 Å². The van der Waals surface area contributed by atoms with Crippen LogP contribution in [0.5, 0.6) is 0 Å². The molecule has 454 valence electrons. The molecule has 20 heteroatoms. The van der Waals surface area contributed by atoms with E-state index < -0.39 is 81.2 Å². The van der Waals surface area contributed by atoms with Gasteiger partial charge in [0.15, 0.2) is 61.5 Å². The Kier molecular flexibility index (Phi) is 32.3. The lowest BCUT2D eigenvalue weighted by Crippen LogP contribution is -2.52.